The number of rotatable bonds is 7. The standard InChI is InChI=1S/C13H17BrO/c1-2-12-7-3-4-8-13(12)11-15-10-6-5-9-14/h2-4,7-8H,1,5-6,9-11H2. The van der Waals surface area contributed by atoms with Crippen molar-refractivity contribution in [3.05, 3.63) is 42.0 Å². The lowest BCUT2D eigenvalue weighted by atomic mass is 10.1. The molecule has 0 aliphatic rings. The predicted octanol–water partition coefficient (Wildman–Crippen LogP) is 4.02. The van der Waals surface area contributed by atoms with Gasteiger partial charge < -0.3 is 4.74 Å². The van der Waals surface area contributed by atoms with Gasteiger partial charge in [0.2, 0.25) is 0 Å². The van der Waals surface area contributed by atoms with Crippen LogP contribution in [-0.2, 0) is 11.3 Å². The molecule has 1 aromatic rings. The number of hydrogen-bond acceptors (Lipinski definition) is 1. The summed E-state index contributed by atoms with van der Waals surface area (Å²) in [5, 5.41) is 1.06. The van der Waals surface area contributed by atoms with Gasteiger partial charge in [-0.3, -0.25) is 0 Å². The number of unbranched alkanes of at least 4 members (excludes halogenated alkanes) is 1. The van der Waals surface area contributed by atoms with Gasteiger partial charge in [-0.15, -0.1) is 0 Å². The summed E-state index contributed by atoms with van der Waals surface area (Å²) in [5.41, 5.74) is 2.38. The maximum Gasteiger partial charge on any atom is 0.0722 e. The first-order valence-electron chi connectivity index (χ1n) is 5.22. The lowest BCUT2D eigenvalue weighted by Crippen LogP contribution is -1.97. The summed E-state index contributed by atoms with van der Waals surface area (Å²) in [6.45, 7) is 5.30. The van der Waals surface area contributed by atoms with Crippen LogP contribution < -0.4 is 0 Å². The SMILES string of the molecule is C=Cc1ccccc1COCCCCBr. The number of ether oxygens (including phenoxy) is 1. The van der Waals surface area contributed by atoms with Crippen molar-refractivity contribution >= 4 is 22.0 Å². The van der Waals surface area contributed by atoms with Crippen molar-refractivity contribution in [2.75, 3.05) is 11.9 Å². The molecule has 0 radical (unpaired) electrons. The second-order valence-electron chi connectivity index (χ2n) is 3.35. The normalized spacial score (nSPS) is 10.2. The van der Waals surface area contributed by atoms with E-state index < -0.39 is 0 Å². The van der Waals surface area contributed by atoms with Crippen molar-refractivity contribution < 1.29 is 4.74 Å². The van der Waals surface area contributed by atoms with Crippen LogP contribution in [0.25, 0.3) is 6.08 Å². The van der Waals surface area contributed by atoms with Gasteiger partial charge in [0.1, 0.15) is 0 Å². The quantitative estimate of drug-likeness (QED) is 0.536. The fraction of sp³-hybridized carbons (Fsp3) is 0.385. The van der Waals surface area contributed by atoms with Crippen LogP contribution in [-0.4, -0.2) is 11.9 Å². The zero-order valence-electron chi connectivity index (χ0n) is 8.92. The van der Waals surface area contributed by atoms with Crippen molar-refractivity contribution in [2.45, 2.75) is 19.4 Å². The predicted molar refractivity (Wildman–Crippen MR) is 69.2 cm³/mol. The Morgan fingerprint density at radius 3 is 2.80 bits per heavy atom. The molecule has 15 heavy (non-hydrogen) atoms. The molecule has 0 saturated carbocycles. The Labute approximate surface area is 100 Å². The topological polar surface area (TPSA) is 9.23 Å². The summed E-state index contributed by atoms with van der Waals surface area (Å²) in [6, 6.07) is 8.20. The van der Waals surface area contributed by atoms with Gasteiger partial charge in [-0.05, 0) is 24.0 Å². The van der Waals surface area contributed by atoms with Crippen LogP contribution in [0.15, 0.2) is 30.8 Å². The summed E-state index contributed by atoms with van der Waals surface area (Å²) in [4.78, 5) is 0. The largest absolute Gasteiger partial charge is 0.377 e. The van der Waals surface area contributed by atoms with E-state index in [-0.39, 0.29) is 0 Å². The number of hydrogen-bond donors (Lipinski definition) is 0. The van der Waals surface area contributed by atoms with Crippen LogP contribution in [0.4, 0.5) is 0 Å². The molecule has 1 rings (SSSR count). The van der Waals surface area contributed by atoms with Crippen molar-refractivity contribution in [3.63, 3.8) is 0 Å². The van der Waals surface area contributed by atoms with Gasteiger partial charge in [0.25, 0.3) is 0 Å². The van der Waals surface area contributed by atoms with Crippen LogP contribution >= 0.6 is 15.9 Å². The second kappa shape index (κ2) is 7.66. The molecule has 2 heteroatoms. The second-order valence-corrected chi connectivity index (χ2v) is 4.14. The summed E-state index contributed by atoms with van der Waals surface area (Å²) in [5.74, 6) is 0. The molecule has 0 aromatic heterocycles. The molecule has 1 aromatic carbocycles. The summed E-state index contributed by atoms with van der Waals surface area (Å²) < 4.78 is 5.60. The molecule has 0 saturated heterocycles. The molecule has 0 spiro atoms. The van der Waals surface area contributed by atoms with Gasteiger partial charge >= 0.3 is 0 Å². The zero-order valence-corrected chi connectivity index (χ0v) is 10.5. The molecule has 0 N–H and O–H groups in total. The molecule has 0 heterocycles. The van der Waals surface area contributed by atoms with Gasteiger partial charge in [0.15, 0.2) is 0 Å². The molecule has 0 unspecified atom stereocenters. The molecule has 0 aliphatic heterocycles. The van der Waals surface area contributed by atoms with Crippen LogP contribution in [0.5, 0.6) is 0 Å². The fourth-order valence-corrected chi connectivity index (χ4v) is 1.74. The van der Waals surface area contributed by atoms with Crippen LogP contribution in [0.2, 0.25) is 0 Å². The third kappa shape index (κ3) is 4.63. The smallest absolute Gasteiger partial charge is 0.0722 e. The summed E-state index contributed by atoms with van der Waals surface area (Å²) in [7, 11) is 0. The van der Waals surface area contributed by atoms with E-state index in [1.807, 2.05) is 18.2 Å². The average Bonchev–Trinajstić information content (AvgIpc) is 2.29. The molecule has 1 nitrogen and oxygen atoms in total. The van der Waals surface area contributed by atoms with E-state index in [0.717, 1.165) is 23.9 Å². The molecular formula is C13H17BrO. The van der Waals surface area contributed by atoms with E-state index in [1.54, 1.807) is 0 Å². The van der Waals surface area contributed by atoms with E-state index in [0.29, 0.717) is 6.61 Å². The zero-order chi connectivity index (χ0) is 10.9. The maximum atomic E-state index is 5.60. The monoisotopic (exact) mass is 268 g/mol. The first-order chi connectivity index (χ1) is 7.38. The van der Waals surface area contributed by atoms with E-state index >= 15 is 0 Å². The highest BCUT2D eigenvalue weighted by molar-refractivity contribution is 9.09. The highest BCUT2D eigenvalue weighted by Gasteiger charge is 1.97. The number of alkyl halides is 1. The number of benzene rings is 1. The highest BCUT2D eigenvalue weighted by atomic mass is 79.9. The highest BCUT2D eigenvalue weighted by Crippen LogP contribution is 2.11. The molecule has 0 atom stereocenters. The Morgan fingerprint density at radius 1 is 1.27 bits per heavy atom. The Bertz CT molecular complexity index is 296. The molecule has 0 fully saturated rings. The minimum absolute atomic E-state index is 0.685. The third-order valence-electron chi connectivity index (χ3n) is 2.20. The summed E-state index contributed by atoms with van der Waals surface area (Å²) in [6.07, 6.45) is 4.15. The molecular weight excluding hydrogens is 252 g/mol. The minimum atomic E-state index is 0.685. The van der Waals surface area contributed by atoms with E-state index in [1.165, 1.54) is 12.0 Å². The van der Waals surface area contributed by atoms with Crippen molar-refractivity contribution in [3.8, 4) is 0 Å². The van der Waals surface area contributed by atoms with Crippen LogP contribution in [0.3, 0.4) is 0 Å². The third-order valence-corrected chi connectivity index (χ3v) is 2.77. The van der Waals surface area contributed by atoms with E-state index in [4.69, 9.17) is 4.74 Å². The van der Waals surface area contributed by atoms with E-state index in [9.17, 15) is 0 Å². The van der Waals surface area contributed by atoms with Crippen molar-refractivity contribution in [2.24, 2.45) is 0 Å². The first-order valence-corrected chi connectivity index (χ1v) is 6.34. The van der Waals surface area contributed by atoms with Crippen LogP contribution in [0.1, 0.15) is 24.0 Å². The minimum Gasteiger partial charge on any atom is -0.377 e. The van der Waals surface area contributed by atoms with Gasteiger partial charge in [-0.2, -0.15) is 0 Å². The number of halogens is 1. The van der Waals surface area contributed by atoms with Gasteiger partial charge in [0.05, 0.1) is 6.61 Å². The maximum absolute atomic E-state index is 5.60. The molecule has 82 valence electrons. The lowest BCUT2D eigenvalue weighted by molar-refractivity contribution is 0.118. The van der Waals surface area contributed by atoms with Crippen molar-refractivity contribution in [1.29, 1.82) is 0 Å². The van der Waals surface area contributed by atoms with E-state index in [2.05, 4.69) is 34.6 Å². The molecule has 0 amide bonds. The van der Waals surface area contributed by atoms with Gasteiger partial charge in [-0.25, -0.2) is 0 Å². The Balaban J connectivity index is 2.33. The lowest BCUT2D eigenvalue weighted by Gasteiger charge is -2.06. The van der Waals surface area contributed by atoms with Crippen LogP contribution in [0, 0.1) is 0 Å². The Kier molecular flexibility index (Phi) is 6.37. The molecule has 0 aliphatic carbocycles. The van der Waals surface area contributed by atoms with Crippen molar-refractivity contribution in [1.82, 2.24) is 0 Å². The Morgan fingerprint density at radius 2 is 2.07 bits per heavy atom. The first kappa shape index (κ1) is 12.5. The van der Waals surface area contributed by atoms with Gasteiger partial charge in [-0.1, -0.05) is 52.9 Å². The van der Waals surface area contributed by atoms with Gasteiger partial charge in [0, 0.05) is 11.9 Å². The summed E-state index contributed by atoms with van der Waals surface area (Å²) >= 11 is 3.40. The molecule has 0 bridgehead atoms. The average molecular weight is 269 g/mol. The fourth-order valence-electron chi connectivity index (χ4n) is 1.35. The Hall–Kier alpha value is -0.600.